The van der Waals surface area contributed by atoms with Crippen LogP contribution in [0.1, 0.15) is 38.5 Å². The topological polar surface area (TPSA) is 21.9 Å². The van der Waals surface area contributed by atoms with Crippen molar-refractivity contribution in [3.8, 4) is 0 Å². The van der Waals surface area contributed by atoms with Gasteiger partial charge in [0.05, 0.1) is 0 Å². The van der Waals surface area contributed by atoms with E-state index >= 15 is 0 Å². The van der Waals surface area contributed by atoms with Gasteiger partial charge < -0.3 is 5.32 Å². The van der Waals surface area contributed by atoms with Crippen molar-refractivity contribution < 1.29 is 0 Å². The van der Waals surface area contributed by atoms with Crippen LogP contribution < -0.4 is 5.32 Å². The van der Waals surface area contributed by atoms with E-state index < -0.39 is 0 Å². The number of hydrogen-bond donors (Lipinski definition) is 1. The van der Waals surface area contributed by atoms with Crippen molar-refractivity contribution in [2.24, 2.45) is 5.92 Å². The van der Waals surface area contributed by atoms with Gasteiger partial charge in [-0.1, -0.05) is 31.4 Å². The molecule has 3 atom stereocenters. The zero-order valence-electron chi connectivity index (χ0n) is 7.55. The third-order valence-corrected chi connectivity index (χ3v) is 4.02. The lowest BCUT2D eigenvalue weighted by Gasteiger charge is -2.25. The monoisotopic (exact) mass is 163 g/mol. The Labute approximate surface area is 74.2 Å². The summed E-state index contributed by atoms with van der Waals surface area (Å²) in [7, 11) is 0. The van der Waals surface area contributed by atoms with Gasteiger partial charge in [-0.2, -0.15) is 0 Å². The highest BCUT2D eigenvalue weighted by atomic mass is 15.2. The van der Waals surface area contributed by atoms with E-state index in [9.17, 15) is 0 Å². The average molecular weight is 163 g/mol. The van der Waals surface area contributed by atoms with E-state index in [0.29, 0.717) is 5.54 Å². The van der Waals surface area contributed by atoms with Crippen molar-refractivity contribution >= 4 is 0 Å². The summed E-state index contributed by atoms with van der Waals surface area (Å²) in [6.07, 6.45) is 13.4. The summed E-state index contributed by atoms with van der Waals surface area (Å²) in [5.41, 5.74) is 0.589. The number of nitrogens with one attached hydrogen (secondary N) is 1. The summed E-state index contributed by atoms with van der Waals surface area (Å²) in [5, 5.41) is 3.70. The first-order chi connectivity index (χ1) is 5.92. The second kappa shape index (κ2) is 2.35. The fourth-order valence-corrected chi connectivity index (χ4v) is 3.22. The molecule has 0 radical (unpaired) electrons. The van der Waals surface area contributed by atoms with Gasteiger partial charge in [0, 0.05) is 11.6 Å². The Morgan fingerprint density at radius 2 is 2.25 bits per heavy atom. The first-order valence-electron chi connectivity index (χ1n) is 5.36. The first kappa shape index (κ1) is 7.14. The summed E-state index contributed by atoms with van der Waals surface area (Å²) in [5.74, 6) is 0.968. The summed E-state index contributed by atoms with van der Waals surface area (Å²) < 4.78 is 0. The molecule has 3 rings (SSSR count). The van der Waals surface area contributed by atoms with Crippen LogP contribution in [0.25, 0.3) is 0 Å². The molecule has 1 heterocycles. The van der Waals surface area contributed by atoms with Crippen molar-refractivity contribution in [2.45, 2.75) is 50.1 Å². The minimum atomic E-state index is 0.589. The van der Waals surface area contributed by atoms with Crippen molar-refractivity contribution in [1.82, 2.24) is 5.32 Å². The van der Waals surface area contributed by atoms with Crippen LogP contribution in [0.2, 0.25) is 0 Å². The summed E-state index contributed by atoms with van der Waals surface area (Å²) in [4.78, 5) is 0. The number of rotatable bonds is 0. The maximum absolute atomic E-state index is 3.70. The highest BCUT2D eigenvalue weighted by Gasteiger charge is 2.57. The molecule has 1 nitrogen and oxygen atoms in total. The van der Waals surface area contributed by atoms with E-state index in [4.69, 9.17) is 0 Å². The van der Waals surface area contributed by atoms with E-state index in [1.807, 2.05) is 0 Å². The molecule has 0 aromatic heterocycles. The second-order valence-electron chi connectivity index (χ2n) is 4.62. The molecule has 2 fully saturated rings. The molecule has 0 aromatic carbocycles. The molecular weight excluding hydrogens is 146 g/mol. The standard InChI is InChI=1S/C11H17N/c1-2-5-9-6-4-7-10-11(9,12-10)8-3-1/h4,7,9-10,12H,1-3,5-6,8H2. The summed E-state index contributed by atoms with van der Waals surface area (Å²) in [6.45, 7) is 0. The van der Waals surface area contributed by atoms with Crippen LogP contribution in [0, 0.1) is 5.92 Å². The second-order valence-corrected chi connectivity index (χ2v) is 4.62. The van der Waals surface area contributed by atoms with Crippen LogP contribution in [0.15, 0.2) is 12.2 Å². The van der Waals surface area contributed by atoms with Crippen LogP contribution in [-0.4, -0.2) is 11.6 Å². The normalized spacial score (nSPS) is 50.7. The SMILES string of the molecule is C1=CC2NC23CCCCCC3C1. The average Bonchev–Trinajstić information content (AvgIpc) is 2.79. The van der Waals surface area contributed by atoms with Gasteiger partial charge in [0.15, 0.2) is 0 Å². The van der Waals surface area contributed by atoms with Gasteiger partial charge >= 0.3 is 0 Å². The molecule has 1 aliphatic heterocycles. The first-order valence-corrected chi connectivity index (χ1v) is 5.36. The fraction of sp³-hybridized carbons (Fsp3) is 0.818. The lowest BCUT2D eigenvalue weighted by molar-refractivity contribution is 0.355. The van der Waals surface area contributed by atoms with Crippen LogP contribution in [0.5, 0.6) is 0 Å². The number of hydrogen-bond acceptors (Lipinski definition) is 1. The molecule has 3 aliphatic rings. The highest BCUT2D eigenvalue weighted by molar-refractivity contribution is 5.29. The molecule has 1 spiro atoms. The Morgan fingerprint density at radius 1 is 1.25 bits per heavy atom. The zero-order valence-corrected chi connectivity index (χ0v) is 7.55. The quantitative estimate of drug-likeness (QED) is 0.429. The van der Waals surface area contributed by atoms with Crippen molar-refractivity contribution in [1.29, 1.82) is 0 Å². The van der Waals surface area contributed by atoms with Gasteiger partial charge in [0.2, 0.25) is 0 Å². The van der Waals surface area contributed by atoms with Crippen LogP contribution >= 0.6 is 0 Å². The van der Waals surface area contributed by atoms with Gasteiger partial charge in [-0.3, -0.25) is 0 Å². The third kappa shape index (κ3) is 0.832. The number of allylic oxidation sites excluding steroid dienone is 1. The molecule has 0 bridgehead atoms. The van der Waals surface area contributed by atoms with E-state index in [1.54, 1.807) is 0 Å². The van der Waals surface area contributed by atoms with E-state index in [1.165, 1.54) is 38.5 Å². The molecular formula is C11H17N. The minimum Gasteiger partial charge on any atom is -0.301 e. The Hall–Kier alpha value is -0.300. The molecule has 1 saturated carbocycles. The van der Waals surface area contributed by atoms with Gasteiger partial charge in [0.1, 0.15) is 0 Å². The maximum atomic E-state index is 3.70. The Balaban J connectivity index is 1.88. The van der Waals surface area contributed by atoms with Crippen LogP contribution in [-0.2, 0) is 0 Å². The van der Waals surface area contributed by atoms with E-state index in [2.05, 4.69) is 17.5 Å². The highest BCUT2D eigenvalue weighted by Crippen LogP contribution is 2.48. The summed E-state index contributed by atoms with van der Waals surface area (Å²) in [6, 6.07) is 0.759. The van der Waals surface area contributed by atoms with Gasteiger partial charge in [0.25, 0.3) is 0 Å². The van der Waals surface area contributed by atoms with Crippen molar-refractivity contribution in [3.05, 3.63) is 12.2 Å². The van der Waals surface area contributed by atoms with Gasteiger partial charge in [-0.15, -0.1) is 0 Å². The molecule has 1 heteroatoms. The smallest absolute Gasteiger partial charge is 0.0442 e. The largest absolute Gasteiger partial charge is 0.301 e. The fourth-order valence-electron chi connectivity index (χ4n) is 3.22. The molecule has 3 unspecified atom stereocenters. The van der Waals surface area contributed by atoms with E-state index in [-0.39, 0.29) is 0 Å². The van der Waals surface area contributed by atoms with Crippen molar-refractivity contribution in [3.63, 3.8) is 0 Å². The van der Waals surface area contributed by atoms with Crippen LogP contribution in [0.4, 0.5) is 0 Å². The molecule has 0 aromatic rings. The van der Waals surface area contributed by atoms with E-state index in [0.717, 1.165) is 12.0 Å². The Morgan fingerprint density at radius 3 is 3.25 bits per heavy atom. The molecule has 2 aliphatic carbocycles. The lowest BCUT2D eigenvalue weighted by Crippen LogP contribution is -2.29. The minimum absolute atomic E-state index is 0.589. The third-order valence-electron chi connectivity index (χ3n) is 4.02. The molecule has 1 N–H and O–H groups in total. The molecule has 0 amide bonds. The molecule has 1 saturated heterocycles. The molecule has 66 valence electrons. The Kier molecular flexibility index (Phi) is 1.40. The zero-order chi connectivity index (χ0) is 8.02. The predicted octanol–water partition coefficient (Wildman–Crippen LogP) is 2.24. The predicted molar refractivity (Wildman–Crippen MR) is 50.0 cm³/mol. The lowest BCUT2D eigenvalue weighted by atomic mass is 9.79. The maximum Gasteiger partial charge on any atom is 0.0442 e. The van der Waals surface area contributed by atoms with Crippen molar-refractivity contribution in [2.75, 3.05) is 0 Å². The summed E-state index contributed by atoms with van der Waals surface area (Å²) >= 11 is 0. The van der Waals surface area contributed by atoms with Gasteiger partial charge in [-0.05, 0) is 25.2 Å². The van der Waals surface area contributed by atoms with Gasteiger partial charge in [-0.25, -0.2) is 0 Å². The van der Waals surface area contributed by atoms with Crippen LogP contribution in [0.3, 0.4) is 0 Å². The Bertz CT molecular complexity index is 221. The molecule has 12 heavy (non-hydrogen) atoms.